The lowest BCUT2D eigenvalue weighted by Gasteiger charge is -2.32. The molecule has 0 aliphatic carbocycles. The van der Waals surface area contributed by atoms with Gasteiger partial charge in [-0.1, -0.05) is 85.8 Å². The van der Waals surface area contributed by atoms with Gasteiger partial charge in [0, 0.05) is 19.0 Å². The highest BCUT2D eigenvalue weighted by Gasteiger charge is 2.31. The largest absolute Gasteiger partial charge is 0.352 e. The van der Waals surface area contributed by atoms with Crippen LogP contribution in [0.5, 0.6) is 0 Å². The lowest BCUT2D eigenvalue weighted by molar-refractivity contribution is -0.141. The second-order valence-electron chi connectivity index (χ2n) is 9.13. The summed E-state index contributed by atoms with van der Waals surface area (Å²) in [5.74, 6) is -0.157. The number of nitrogens with one attached hydrogen (secondary N) is 1. The van der Waals surface area contributed by atoms with Gasteiger partial charge in [0.05, 0.1) is 6.42 Å². The molecule has 178 valence electrons. The quantitative estimate of drug-likeness (QED) is 0.444. The molecule has 0 heterocycles. The number of rotatable bonds is 10. The Morgan fingerprint density at radius 2 is 1.44 bits per heavy atom. The van der Waals surface area contributed by atoms with E-state index in [1.165, 1.54) is 5.56 Å². The topological polar surface area (TPSA) is 49.4 Å². The molecule has 2 amide bonds. The molecule has 0 bridgehead atoms. The van der Waals surface area contributed by atoms with Gasteiger partial charge in [0.15, 0.2) is 0 Å². The van der Waals surface area contributed by atoms with E-state index in [1.54, 1.807) is 4.90 Å². The third-order valence-electron chi connectivity index (χ3n) is 6.39. The molecule has 4 heteroatoms. The molecule has 34 heavy (non-hydrogen) atoms. The molecule has 2 atom stereocenters. The van der Waals surface area contributed by atoms with Crippen molar-refractivity contribution in [3.8, 4) is 0 Å². The van der Waals surface area contributed by atoms with Crippen LogP contribution in [0, 0.1) is 13.8 Å². The van der Waals surface area contributed by atoms with Crippen LogP contribution in [0.15, 0.2) is 78.9 Å². The molecule has 0 aliphatic heterocycles. The summed E-state index contributed by atoms with van der Waals surface area (Å²) in [5.41, 5.74) is 5.36. The van der Waals surface area contributed by atoms with E-state index in [1.807, 2.05) is 80.6 Å². The Bertz CT molecular complexity index is 1080. The average Bonchev–Trinajstić information content (AvgIpc) is 2.84. The first kappa shape index (κ1) is 25.2. The summed E-state index contributed by atoms with van der Waals surface area (Å²) in [6.07, 6.45) is 1.56. The maximum Gasteiger partial charge on any atom is 0.243 e. The number of carbonyl (C=O) groups is 2. The lowest BCUT2D eigenvalue weighted by Crippen LogP contribution is -2.52. The molecule has 0 aromatic heterocycles. The molecule has 0 spiro atoms. The molecular formula is C30H36N2O2. The molecular weight excluding hydrogens is 420 g/mol. The van der Waals surface area contributed by atoms with Gasteiger partial charge in [-0.15, -0.1) is 0 Å². The summed E-state index contributed by atoms with van der Waals surface area (Å²) >= 11 is 0. The van der Waals surface area contributed by atoms with Gasteiger partial charge < -0.3 is 10.2 Å². The summed E-state index contributed by atoms with van der Waals surface area (Å²) in [6.45, 7) is 8.55. The number of carbonyl (C=O) groups excluding carboxylic acids is 2. The highest BCUT2D eigenvalue weighted by molar-refractivity contribution is 5.89. The van der Waals surface area contributed by atoms with Crippen LogP contribution in [0.25, 0.3) is 0 Å². The van der Waals surface area contributed by atoms with Crippen molar-refractivity contribution in [1.29, 1.82) is 0 Å². The van der Waals surface area contributed by atoms with Gasteiger partial charge in [-0.25, -0.2) is 0 Å². The molecule has 0 saturated heterocycles. The Kier molecular flexibility index (Phi) is 9.03. The summed E-state index contributed by atoms with van der Waals surface area (Å²) in [6, 6.07) is 25.4. The zero-order valence-electron chi connectivity index (χ0n) is 20.8. The van der Waals surface area contributed by atoms with Crippen LogP contribution in [0.2, 0.25) is 0 Å². The van der Waals surface area contributed by atoms with Crippen LogP contribution < -0.4 is 5.32 Å². The minimum absolute atomic E-state index is 0.0409. The number of hydrogen-bond donors (Lipinski definition) is 1. The van der Waals surface area contributed by atoms with Crippen LogP contribution in [0.4, 0.5) is 0 Å². The zero-order valence-corrected chi connectivity index (χ0v) is 20.8. The standard InChI is InChI=1S/C30H36N2O2/c1-5-24(4)31-30(34)28(19-25-12-8-6-9-13-25)32(21-26-14-10-7-11-15-26)29(33)20-27-17-16-22(2)23(3)18-27/h6-18,24,28H,5,19-21H2,1-4H3,(H,31,34)/t24-,28-/m0/s1. The first-order valence-corrected chi connectivity index (χ1v) is 12.1. The van der Waals surface area contributed by atoms with Crippen LogP contribution in [-0.2, 0) is 29.0 Å². The van der Waals surface area contributed by atoms with E-state index in [9.17, 15) is 9.59 Å². The van der Waals surface area contributed by atoms with Crippen LogP contribution >= 0.6 is 0 Å². The van der Waals surface area contributed by atoms with Crippen LogP contribution in [0.3, 0.4) is 0 Å². The maximum absolute atomic E-state index is 13.8. The van der Waals surface area contributed by atoms with Crippen molar-refractivity contribution in [2.24, 2.45) is 0 Å². The van der Waals surface area contributed by atoms with Gasteiger partial charge in [-0.3, -0.25) is 9.59 Å². The van der Waals surface area contributed by atoms with E-state index in [4.69, 9.17) is 0 Å². The van der Waals surface area contributed by atoms with Crippen molar-refractivity contribution >= 4 is 11.8 Å². The van der Waals surface area contributed by atoms with Crippen molar-refractivity contribution < 1.29 is 9.59 Å². The van der Waals surface area contributed by atoms with Gasteiger partial charge in [-0.2, -0.15) is 0 Å². The van der Waals surface area contributed by atoms with E-state index in [0.717, 1.165) is 28.7 Å². The Hall–Kier alpha value is -3.40. The molecule has 0 saturated carbocycles. The third-order valence-corrected chi connectivity index (χ3v) is 6.39. The predicted molar refractivity (Wildman–Crippen MR) is 138 cm³/mol. The van der Waals surface area contributed by atoms with E-state index in [-0.39, 0.29) is 24.3 Å². The predicted octanol–water partition coefficient (Wildman–Crippen LogP) is 5.40. The van der Waals surface area contributed by atoms with Crippen LogP contribution in [-0.4, -0.2) is 28.8 Å². The van der Waals surface area contributed by atoms with E-state index < -0.39 is 6.04 Å². The van der Waals surface area contributed by atoms with Gasteiger partial charge in [0.25, 0.3) is 0 Å². The van der Waals surface area contributed by atoms with Crippen molar-refractivity contribution in [3.63, 3.8) is 0 Å². The van der Waals surface area contributed by atoms with Gasteiger partial charge in [0.1, 0.15) is 6.04 Å². The Labute approximate surface area is 204 Å². The maximum atomic E-state index is 13.8. The van der Waals surface area contributed by atoms with Crippen molar-refractivity contribution in [2.45, 2.75) is 65.6 Å². The molecule has 0 aliphatic rings. The van der Waals surface area contributed by atoms with Crippen molar-refractivity contribution in [3.05, 3.63) is 107 Å². The van der Waals surface area contributed by atoms with E-state index in [2.05, 4.69) is 31.3 Å². The summed E-state index contributed by atoms with van der Waals surface area (Å²) in [5, 5.41) is 3.12. The van der Waals surface area contributed by atoms with Crippen molar-refractivity contribution in [2.75, 3.05) is 0 Å². The first-order valence-electron chi connectivity index (χ1n) is 12.1. The molecule has 0 unspecified atom stereocenters. The van der Waals surface area contributed by atoms with Crippen LogP contribution in [0.1, 0.15) is 48.1 Å². The normalized spacial score (nSPS) is 12.6. The molecule has 0 fully saturated rings. The molecule has 3 aromatic rings. The number of amides is 2. The first-order chi connectivity index (χ1) is 16.4. The van der Waals surface area contributed by atoms with E-state index in [0.29, 0.717) is 13.0 Å². The highest BCUT2D eigenvalue weighted by Crippen LogP contribution is 2.18. The number of hydrogen-bond acceptors (Lipinski definition) is 2. The molecule has 1 N–H and O–H groups in total. The van der Waals surface area contributed by atoms with Gasteiger partial charge in [0.2, 0.25) is 11.8 Å². The lowest BCUT2D eigenvalue weighted by atomic mass is 10.00. The molecule has 0 radical (unpaired) electrons. The second kappa shape index (κ2) is 12.2. The fraction of sp³-hybridized carbons (Fsp3) is 0.333. The summed E-state index contributed by atoms with van der Waals surface area (Å²) in [4.78, 5) is 29.0. The number of aryl methyl sites for hydroxylation is 2. The van der Waals surface area contributed by atoms with Gasteiger partial charge >= 0.3 is 0 Å². The Morgan fingerprint density at radius 3 is 2.03 bits per heavy atom. The summed E-state index contributed by atoms with van der Waals surface area (Å²) in [7, 11) is 0. The third kappa shape index (κ3) is 7.05. The average molecular weight is 457 g/mol. The molecule has 3 aromatic carbocycles. The fourth-order valence-electron chi connectivity index (χ4n) is 3.96. The molecule has 4 nitrogen and oxygen atoms in total. The summed E-state index contributed by atoms with van der Waals surface area (Å²) < 4.78 is 0. The molecule has 3 rings (SSSR count). The fourth-order valence-corrected chi connectivity index (χ4v) is 3.96. The highest BCUT2D eigenvalue weighted by atomic mass is 16.2. The van der Waals surface area contributed by atoms with E-state index >= 15 is 0 Å². The number of nitrogens with zero attached hydrogens (tertiary/aromatic N) is 1. The number of benzene rings is 3. The Morgan fingerprint density at radius 1 is 0.824 bits per heavy atom. The Balaban J connectivity index is 1.96. The minimum atomic E-state index is -0.601. The second-order valence-corrected chi connectivity index (χ2v) is 9.13. The van der Waals surface area contributed by atoms with Crippen molar-refractivity contribution in [1.82, 2.24) is 10.2 Å². The monoisotopic (exact) mass is 456 g/mol. The minimum Gasteiger partial charge on any atom is -0.352 e. The smallest absolute Gasteiger partial charge is 0.243 e. The zero-order chi connectivity index (χ0) is 24.5. The van der Waals surface area contributed by atoms with Gasteiger partial charge in [-0.05, 0) is 55.0 Å². The SMILES string of the molecule is CC[C@H](C)NC(=O)[C@H](Cc1ccccc1)N(Cc1ccccc1)C(=O)Cc1ccc(C)c(C)c1.